The van der Waals surface area contributed by atoms with Crippen LogP contribution in [-0.2, 0) is 4.79 Å². The highest BCUT2D eigenvalue weighted by molar-refractivity contribution is 5.95. The van der Waals surface area contributed by atoms with Crippen molar-refractivity contribution >= 4 is 11.8 Å². The molecule has 1 atom stereocenters. The van der Waals surface area contributed by atoms with Gasteiger partial charge in [0.25, 0.3) is 5.91 Å². The Labute approximate surface area is 166 Å². The predicted molar refractivity (Wildman–Crippen MR) is 107 cm³/mol. The lowest BCUT2D eigenvalue weighted by molar-refractivity contribution is -0.126. The third-order valence-corrected chi connectivity index (χ3v) is 5.72. The Bertz CT molecular complexity index is 658. The van der Waals surface area contributed by atoms with Gasteiger partial charge in [-0.15, -0.1) is 0 Å². The molecule has 2 saturated heterocycles. The van der Waals surface area contributed by atoms with Crippen molar-refractivity contribution in [2.75, 3.05) is 46.9 Å². The lowest BCUT2D eigenvalue weighted by Crippen LogP contribution is -2.45. The van der Waals surface area contributed by atoms with E-state index in [2.05, 4.69) is 10.6 Å². The number of benzene rings is 1. The molecule has 28 heavy (non-hydrogen) atoms. The van der Waals surface area contributed by atoms with Gasteiger partial charge in [-0.05, 0) is 56.8 Å². The van der Waals surface area contributed by atoms with Crippen LogP contribution in [-0.4, -0.2) is 63.7 Å². The summed E-state index contributed by atoms with van der Waals surface area (Å²) in [5.74, 6) is 1.77. The number of amides is 2. The number of ether oxygens (including phenoxy) is 2. The highest BCUT2D eigenvalue weighted by Gasteiger charge is 2.28. The van der Waals surface area contributed by atoms with Gasteiger partial charge in [-0.25, -0.2) is 0 Å². The molecule has 0 saturated carbocycles. The lowest BCUT2D eigenvalue weighted by Gasteiger charge is -2.32. The van der Waals surface area contributed by atoms with Crippen molar-refractivity contribution in [3.63, 3.8) is 0 Å². The van der Waals surface area contributed by atoms with Crippen LogP contribution in [0.2, 0.25) is 0 Å². The van der Waals surface area contributed by atoms with Gasteiger partial charge in [-0.3, -0.25) is 9.59 Å². The number of hydrogen-bond donors (Lipinski definition) is 2. The van der Waals surface area contributed by atoms with Crippen molar-refractivity contribution in [2.24, 2.45) is 11.8 Å². The maximum absolute atomic E-state index is 12.9. The van der Waals surface area contributed by atoms with E-state index in [4.69, 9.17) is 9.47 Å². The first-order valence-electron chi connectivity index (χ1n) is 10.1. The topological polar surface area (TPSA) is 79.9 Å². The van der Waals surface area contributed by atoms with Gasteiger partial charge in [0.15, 0.2) is 0 Å². The Hall–Kier alpha value is -2.28. The number of nitrogens with zero attached hydrogens (tertiary/aromatic N) is 1. The molecule has 7 heteroatoms. The molecule has 7 nitrogen and oxygen atoms in total. The maximum Gasteiger partial charge on any atom is 0.254 e. The molecule has 2 heterocycles. The summed E-state index contributed by atoms with van der Waals surface area (Å²) < 4.78 is 10.5. The molecule has 1 aromatic carbocycles. The number of hydrogen-bond acceptors (Lipinski definition) is 5. The molecule has 0 spiro atoms. The smallest absolute Gasteiger partial charge is 0.254 e. The number of carbonyl (C=O) groups excluding carboxylic acids is 2. The molecule has 154 valence electrons. The van der Waals surface area contributed by atoms with Crippen molar-refractivity contribution in [3.8, 4) is 11.5 Å². The molecule has 1 aromatic rings. The van der Waals surface area contributed by atoms with Crippen LogP contribution in [0.5, 0.6) is 11.5 Å². The number of likely N-dealkylation sites (tertiary alicyclic amines) is 1. The van der Waals surface area contributed by atoms with E-state index in [1.165, 1.54) is 12.8 Å². The molecule has 0 bridgehead atoms. The summed E-state index contributed by atoms with van der Waals surface area (Å²) in [6, 6.07) is 5.19. The van der Waals surface area contributed by atoms with E-state index in [1.54, 1.807) is 32.4 Å². The van der Waals surface area contributed by atoms with Gasteiger partial charge in [0.05, 0.1) is 14.2 Å². The Morgan fingerprint density at radius 1 is 1.11 bits per heavy atom. The third kappa shape index (κ3) is 5.16. The number of methoxy groups -OCH3 is 2. The summed E-state index contributed by atoms with van der Waals surface area (Å²) >= 11 is 0. The van der Waals surface area contributed by atoms with Gasteiger partial charge in [-0.1, -0.05) is 0 Å². The van der Waals surface area contributed by atoms with E-state index in [1.807, 2.05) is 4.90 Å². The standard InChI is InChI=1S/C21H31N3O4/c1-27-18-10-17(11-19(12-18)28-2)21(26)24-8-5-16(6-9-24)20(25)23-14-15-4-3-7-22-13-15/h10-12,15-16,22H,3-9,13-14H2,1-2H3,(H,23,25). The SMILES string of the molecule is COc1cc(OC)cc(C(=O)N2CCC(C(=O)NCC3CCCNC3)CC2)c1. The number of carbonyl (C=O) groups is 2. The highest BCUT2D eigenvalue weighted by atomic mass is 16.5. The first-order chi connectivity index (χ1) is 13.6. The van der Waals surface area contributed by atoms with E-state index in [-0.39, 0.29) is 17.7 Å². The monoisotopic (exact) mass is 389 g/mol. The van der Waals surface area contributed by atoms with Crippen LogP contribution >= 0.6 is 0 Å². The van der Waals surface area contributed by atoms with Gasteiger partial charge in [0, 0.05) is 37.2 Å². The van der Waals surface area contributed by atoms with Crippen LogP contribution in [0.3, 0.4) is 0 Å². The molecular weight excluding hydrogens is 358 g/mol. The van der Waals surface area contributed by atoms with Crippen LogP contribution in [0.15, 0.2) is 18.2 Å². The fraction of sp³-hybridized carbons (Fsp3) is 0.619. The molecule has 3 rings (SSSR count). The molecule has 2 fully saturated rings. The molecular formula is C21H31N3O4. The van der Waals surface area contributed by atoms with Crippen LogP contribution in [0.1, 0.15) is 36.0 Å². The zero-order valence-corrected chi connectivity index (χ0v) is 16.8. The van der Waals surface area contributed by atoms with Crippen LogP contribution in [0, 0.1) is 11.8 Å². The molecule has 0 aliphatic carbocycles. The second-order valence-electron chi connectivity index (χ2n) is 7.63. The van der Waals surface area contributed by atoms with Crippen LogP contribution in [0.4, 0.5) is 0 Å². The summed E-state index contributed by atoms with van der Waals surface area (Å²) in [5.41, 5.74) is 0.545. The number of rotatable bonds is 6. The summed E-state index contributed by atoms with van der Waals surface area (Å²) in [6.07, 6.45) is 3.74. The minimum atomic E-state index is -0.0515. The molecule has 1 unspecified atom stereocenters. The van der Waals surface area contributed by atoms with E-state index in [0.29, 0.717) is 48.9 Å². The zero-order valence-electron chi connectivity index (χ0n) is 16.8. The highest BCUT2D eigenvalue weighted by Crippen LogP contribution is 2.25. The lowest BCUT2D eigenvalue weighted by atomic mass is 9.94. The molecule has 2 N–H and O–H groups in total. The molecule has 2 aliphatic heterocycles. The molecule has 0 aromatic heterocycles. The van der Waals surface area contributed by atoms with Gasteiger partial charge in [-0.2, -0.15) is 0 Å². The Balaban J connectivity index is 1.50. The predicted octanol–water partition coefficient (Wildman–Crippen LogP) is 1.67. The third-order valence-electron chi connectivity index (χ3n) is 5.72. The number of piperidine rings is 2. The van der Waals surface area contributed by atoms with E-state index in [0.717, 1.165) is 19.6 Å². The zero-order chi connectivity index (χ0) is 19.9. The van der Waals surface area contributed by atoms with Crippen LogP contribution in [0.25, 0.3) is 0 Å². The summed E-state index contributed by atoms with van der Waals surface area (Å²) in [6.45, 7) is 3.98. The minimum absolute atomic E-state index is 0.0135. The average Bonchev–Trinajstić information content (AvgIpc) is 2.77. The largest absolute Gasteiger partial charge is 0.497 e. The van der Waals surface area contributed by atoms with E-state index < -0.39 is 0 Å². The Morgan fingerprint density at radius 3 is 2.36 bits per heavy atom. The summed E-state index contributed by atoms with van der Waals surface area (Å²) in [5, 5.41) is 6.49. The Kier molecular flexibility index (Phi) is 7.14. The normalized spacial score (nSPS) is 20.5. The second kappa shape index (κ2) is 9.78. The minimum Gasteiger partial charge on any atom is -0.497 e. The van der Waals surface area contributed by atoms with E-state index in [9.17, 15) is 9.59 Å². The summed E-state index contributed by atoms with van der Waals surface area (Å²) in [4.78, 5) is 27.1. The first kappa shape index (κ1) is 20.5. The van der Waals surface area contributed by atoms with Gasteiger partial charge >= 0.3 is 0 Å². The van der Waals surface area contributed by atoms with Gasteiger partial charge in [0.2, 0.25) is 5.91 Å². The maximum atomic E-state index is 12.9. The quantitative estimate of drug-likeness (QED) is 0.774. The first-order valence-corrected chi connectivity index (χ1v) is 10.1. The number of nitrogens with one attached hydrogen (secondary N) is 2. The fourth-order valence-electron chi connectivity index (χ4n) is 3.95. The van der Waals surface area contributed by atoms with Crippen LogP contribution < -0.4 is 20.1 Å². The van der Waals surface area contributed by atoms with Crippen molar-refractivity contribution < 1.29 is 19.1 Å². The van der Waals surface area contributed by atoms with Crippen molar-refractivity contribution in [1.29, 1.82) is 0 Å². The molecule has 0 radical (unpaired) electrons. The average molecular weight is 389 g/mol. The molecule has 2 aliphatic rings. The van der Waals surface area contributed by atoms with E-state index >= 15 is 0 Å². The Morgan fingerprint density at radius 2 is 1.79 bits per heavy atom. The van der Waals surface area contributed by atoms with Crippen molar-refractivity contribution in [3.05, 3.63) is 23.8 Å². The molecule has 2 amide bonds. The fourth-order valence-corrected chi connectivity index (χ4v) is 3.95. The van der Waals surface area contributed by atoms with Crippen molar-refractivity contribution in [2.45, 2.75) is 25.7 Å². The van der Waals surface area contributed by atoms with Crippen molar-refractivity contribution in [1.82, 2.24) is 15.5 Å². The van der Waals surface area contributed by atoms with Gasteiger partial charge in [0.1, 0.15) is 11.5 Å². The summed E-state index contributed by atoms with van der Waals surface area (Å²) in [7, 11) is 3.13. The van der Waals surface area contributed by atoms with Gasteiger partial charge < -0.3 is 25.0 Å². The second-order valence-corrected chi connectivity index (χ2v) is 7.63.